The molecule has 0 saturated carbocycles. The van der Waals surface area contributed by atoms with Crippen LogP contribution in [0.3, 0.4) is 0 Å². The fraction of sp³-hybridized carbons (Fsp3) is 0.286. The van der Waals surface area contributed by atoms with E-state index in [1.165, 1.54) is 5.57 Å². The van der Waals surface area contributed by atoms with Gasteiger partial charge in [-0.1, -0.05) is 49.4 Å². The molecule has 0 spiro atoms. The van der Waals surface area contributed by atoms with Crippen LogP contribution in [0.5, 0.6) is 11.5 Å². The van der Waals surface area contributed by atoms with Gasteiger partial charge in [-0.05, 0) is 26.2 Å². The van der Waals surface area contributed by atoms with E-state index in [4.69, 9.17) is 9.47 Å². The van der Waals surface area contributed by atoms with Crippen molar-refractivity contribution in [3.05, 3.63) is 59.2 Å². The van der Waals surface area contributed by atoms with Crippen molar-refractivity contribution in [1.29, 1.82) is 0 Å². The molecule has 0 bridgehead atoms. The van der Waals surface area contributed by atoms with Gasteiger partial charge in [0.25, 0.3) is 0 Å². The van der Waals surface area contributed by atoms with Crippen molar-refractivity contribution in [1.82, 2.24) is 0 Å². The number of methoxy groups -OCH3 is 1. The summed E-state index contributed by atoms with van der Waals surface area (Å²) in [6.45, 7) is 7.51. The van der Waals surface area contributed by atoms with E-state index in [0.717, 1.165) is 46.9 Å². The van der Waals surface area contributed by atoms with E-state index < -0.39 is 0 Å². The summed E-state index contributed by atoms with van der Waals surface area (Å²) in [6.07, 6.45) is 4.82. The summed E-state index contributed by atoms with van der Waals surface area (Å²) < 4.78 is 11.5. The maximum Gasteiger partial charge on any atom is 0.338 e. The number of carbonyl (C=O) groups excluding carboxylic acids is 1. The molecule has 0 heterocycles. The van der Waals surface area contributed by atoms with Gasteiger partial charge in [0, 0.05) is 27.5 Å². The molecule has 3 nitrogen and oxygen atoms in total. The molecule has 24 heavy (non-hydrogen) atoms. The second-order valence-electron chi connectivity index (χ2n) is 6.13. The van der Waals surface area contributed by atoms with Crippen LogP contribution in [0.2, 0.25) is 0 Å². The fourth-order valence-electron chi connectivity index (χ4n) is 3.23. The third-order valence-electron chi connectivity index (χ3n) is 4.53. The minimum absolute atomic E-state index is 0.389. The summed E-state index contributed by atoms with van der Waals surface area (Å²) >= 11 is 0. The Morgan fingerprint density at radius 1 is 1.17 bits per heavy atom. The highest BCUT2D eigenvalue weighted by molar-refractivity contribution is 5.99. The molecule has 3 heteroatoms. The third-order valence-corrected chi connectivity index (χ3v) is 4.53. The van der Waals surface area contributed by atoms with Crippen LogP contribution >= 0.6 is 0 Å². The van der Waals surface area contributed by atoms with E-state index in [9.17, 15) is 4.79 Å². The Bertz CT molecular complexity index is 859. The highest BCUT2D eigenvalue weighted by Gasteiger charge is 2.25. The molecule has 0 unspecified atom stereocenters. The van der Waals surface area contributed by atoms with Crippen molar-refractivity contribution in [2.75, 3.05) is 7.11 Å². The number of hydrogen-bond donors (Lipinski definition) is 0. The Kier molecular flexibility index (Phi) is 4.43. The number of carbonyl (C=O) groups is 1. The summed E-state index contributed by atoms with van der Waals surface area (Å²) in [5.41, 5.74) is 3.91. The summed E-state index contributed by atoms with van der Waals surface area (Å²) in [5, 5.41) is 1.87. The lowest BCUT2D eigenvalue weighted by Crippen LogP contribution is -2.14. The van der Waals surface area contributed by atoms with Gasteiger partial charge < -0.3 is 9.47 Å². The van der Waals surface area contributed by atoms with Crippen LogP contribution in [-0.4, -0.2) is 13.1 Å². The molecule has 0 N–H and O–H groups in total. The minimum atomic E-state index is -0.389. The summed E-state index contributed by atoms with van der Waals surface area (Å²) in [6, 6.07) is 7.90. The van der Waals surface area contributed by atoms with E-state index in [-0.39, 0.29) is 5.97 Å². The monoisotopic (exact) mass is 322 g/mol. The van der Waals surface area contributed by atoms with Crippen molar-refractivity contribution >= 4 is 16.7 Å². The average Bonchev–Trinajstić information content (AvgIpc) is 2.61. The smallest absolute Gasteiger partial charge is 0.338 e. The van der Waals surface area contributed by atoms with Crippen LogP contribution in [0.25, 0.3) is 10.8 Å². The zero-order valence-electron chi connectivity index (χ0n) is 14.4. The predicted molar refractivity (Wildman–Crippen MR) is 96.7 cm³/mol. The van der Waals surface area contributed by atoms with Crippen molar-refractivity contribution in [2.24, 2.45) is 0 Å². The third kappa shape index (κ3) is 2.71. The van der Waals surface area contributed by atoms with Crippen molar-refractivity contribution in [2.45, 2.75) is 33.1 Å². The maximum absolute atomic E-state index is 12.2. The molecule has 0 fully saturated rings. The molecule has 2 aromatic carbocycles. The molecule has 0 amide bonds. The van der Waals surface area contributed by atoms with Gasteiger partial charge in [-0.2, -0.15) is 0 Å². The first-order chi connectivity index (χ1) is 11.6. The minimum Gasteiger partial charge on any atom is -0.496 e. The van der Waals surface area contributed by atoms with Gasteiger partial charge in [-0.3, -0.25) is 0 Å². The normalized spacial score (nSPS) is 13.2. The summed E-state index contributed by atoms with van der Waals surface area (Å²) in [5.74, 6) is 1.13. The Morgan fingerprint density at radius 2 is 1.83 bits per heavy atom. The van der Waals surface area contributed by atoms with E-state index in [1.54, 1.807) is 14.0 Å². The molecule has 3 rings (SSSR count). The number of fused-ring (bicyclic) bond motifs is 2. The first kappa shape index (κ1) is 16.3. The number of hydrogen-bond acceptors (Lipinski definition) is 3. The van der Waals surface area contributed by atoms with Gasteiger partial charge >= 0.3 is 5.97 Å². The number of rotatable bonds is 4. The van der Waals surface area contributed by atoms with Crippen LogP contribution < -0.4 is 9.47 Å². The quantitative estimate of drug-likeness (QED) is 0.352. The van der Waals surface area contributed by atoms with Crippen LogP contribution in [0.15, 0.2) is 48.1 Å². The van der Waals surface area contributed by atoms with Crippen LogP contribution in [0.4, 0.5) is 0 Å². The Hall–Kier alpha value is -2.55. The average molecular weight is 322 g/mol. The summed E-state index contributed by atoms with van der Waals surface area (Å²) in [7, 11) is 1.70. The topological polar surface area (TPSA) is 35.5 Å². The molecule has 0 aliphatic heterocycles. The number of esters is 1. The molecule has 1 aliphatic carbocycles. The number of ether oxygens (including phenoxy) is 2. The molecule has 0 radical (unpaired) electrons. The second-order valence-corrected chi connectivity index (χ2v) is 6.13. The van der Waals surface area contributed by atoms with Crippen LogP contribution in [-0.2, 0) is 17.6 Å². The molecule has 0 saturated heterocycles. The lowest BCUT2D eigenvalue weighted by molar-refractivity contribution is -0.130. The molecule has 0 aromatic heterocycles. The fourth-order valence-corrected chi connectivity index (χ4v) is 3.23. The standard InChI is InChI=1S/C21H22O3/c1-5-14-10-11-17-18(12-14)20(24-21(22)13(2)3)16-9-7-6-8-15(16)19(17)23-4/h6-10H,2,5,11-12H2,1,3-4H3. The lowest BCUT2D eigenvalue weighted by Gasteiger charge is -2.24. The first-order valence-electron chi connectivity index (χ1n) is 8.22. The molecule has 2 aromatic rings. The summed E-state index contributed by atoms with van der Waals surface area (Å²) in [4.78, 5) is 12.2. The lowest BCUT2D eigenvalue weighted by atomic mass is 9.86. The van der Waals surface area contributed by atoms with Gasteiger partial charge in [0.1, 0.15) is 11.5 Å². The second kappa shape index (κ2) is 6.52. The van der Waals surface area contributed by atoms with Crippen LogP contribution in [0, 0.1) is 0 Å². The molecule has 1 aliphatic rings. The van der Waals surface area contributed by atoms with E-state index >= 15 is 0 Å². The SMILES string of the molecule is C=C(C)C(=O)Oc1c2c(c(OC)c3ccccc13)CC=C(CC)C2. The molecule has 124 valence electrons. The van der Waals surface area contributed by atoms with E-state index in [1.807, 2.05) is 24.3 Å². The zero-order valence-corrected chi connectivity index (χ0v) is 14.4. The van der Waals surface area contributed by atoms with E-state index in [2.05, 4.69) is 19.6 Å². The van der Waals surface area contributed by atoms with E-state index in [0.29, 0.717) is 11.3 Å². The number of allylic oxidation sites excluding steroid dienone is 2. The van der Waals surface area contributed by atoms with Gasteiger partial charge in [-0.15, -0.1) is 0 Å². The zero-order chi connectivity index (χ0) is 17.3. The van der Waals surface area contributed by atoms with Crippen molar-refractivity contribution in [3.63, 3.8) is 0 Å². The van der Waals surface area contributed by atoms with Gasteiger partial charge in [0.2, 0.25) is 0 Å². The highest BCUT2D eigenvalue weighted by atomic mass is 16.5. The predicted octanol–water partition coefficient (Wildman–Crippen LogP) is 4.76. The maximum atomic E-state index is 12.2. The largest absolute Gasteiger partial charge is 0.496 e. The van der Waals surface area contributed by atoms with Crippen molar-refractivity contribution < 1.29 is 14.3 Å². The Balaban J connectivity index is 2.28. The van der Waals surface area contributed by atoms with Gasteiger partial charge in [0.15, 0.2) is 0 Å². The molecular weight excluding hydrogens is 300 g/mol. The van der Waals surface area contributed by atoms with Crippen LogP contribution in [0.1, 0.15) is 31.4 Å². The number of benzene rings is 2. The first-order valence-corrected chi connectivity index (χ1v) is 8.22. The Labute approximate surface area is 142 Å². The van der Waals surface area contributed by atoms with Gasteiger partial charge in [-0.25, -0.2) is 4.79 Å². The highest BCUT2D eigenvalue weighted by Crippen LogP contribution is 2.44. The van der Waals surface area contributed by atoms with Crippen molar-refractivity contribution in [3.8, 4) is 11.5 Å². The van der Waals surface area contributed by atoms with Gasteiger partial charge in [0.05, 0.1) is 7.11 Å². The Morgan fingerprint density at radius 3 is 2.42 bits per heavy atom. The molecule has 0 atom stereocenters. The molecular formula is C21H22O3.